The average Bonchev–Trinajstić information content (AvgIpc) is 2.59. The smallest absolute Gasteiger partial charge is 0.136 e. The quantitative estimate of drug-likeness (QED) is 0.931. The molecule has 3 nitrogen and oxygen atoms in total. The van der Waals surface area contributed by atoms with E-state index in [1.807, 2.05) is 11.6 Å². The summed E-state index contributed by atoms with van der Waals surface area (Å²) in [6.45, 7) is 7.13. The van der Waals surface area contributed by atoms with Gasteiger partial charge in [0.2, 0.25) is 0 Å². The lowest BCUT2D eigenvalue weighted by Crippen LogP contribution is -2.06. The van der Waals surface area contributed by atoms with Gasteiger partial charge in [0.05, 0.1) is 16.7 Å². The Balaban J connectivity index is 2.13. The molecule has 0 aliphatic rings. The lowest BCUT2D eigenvalue weighted by Gasteiger charge is -2.07. The van der Waals surface area contributed by atoms with E-state index in [2.05, 4.69) is 59.1 Å². The van der Waals surface area contributed by atoms with E-state index in [0.717, 1.165) is 16.6 Å². The molecular formula is C15H20BrN3. The molecule has 0 spiro atoms. The number of nitrogens with two attached hydrogens (primary N) is 1. The molecule has 1 heterocycles. The first kappa shape index (κ1) is 14.1. The fraction of sp³-hybridized carbons (Fsp3) is 0.400. The lowest BCUT2D eigenvalue weighted by molar-refractivity contribution is 0.646. The van der Waals surface area contributed by atoms with Crippen LogP contribution in [-0.2, 0) is 13.0 Å². The Bertz CT molecular complexity index is 556. The highest BCUT2D eigenvalue weighted by Gasteiger charge is 2.09. The Morgan fingerprint density at radius 3 is 2.26 bits per heavy atom. The third-order valence-electron chi connectivity index (χ3n) is 3.09. The van der Waals surface area contributed by atoms with Crippen LogP contribution in [0.4, 0.5) is 5.82 Å². The first-order valence-electron chi connectivity index (χ1n) is 6.53. The van der Waals surface area contributed by atoms with Gasteiger partial charge < -0.3 is 5.73 Å². The molecule has 2 aromatic rings. The molecule has 1 aromatic carbocycles. The van der Waals surface area contributed by atoms with Crippen LogP contribution in [0.1, 0.15) is 30.7 Å². The molecule has 4 heteroatoms. The molecule has 2 N–H and O–H groups in total. The molecule has 2 rings (SSSR count). The number of nitrogen functional groups attached to an aromatic ring is 1. The van der Waals surface area contributed by atoms with Crippen LogP contribution in [0.5, 0.6) is 0 Å². The molecule has 0 aliphatic heterocycles. The summed E-state index contributed by atoms with van der Waals surface area (Å²) in [6.07, 6.45) is 1.12. The van der Waals surface area contributed by atoms with Crippen LogP contribution >= 0.6 is 15.9 Å². The number of hydrogen-bond acceptors (Lipinski definition) is 2. The third kappa shape index (κ3) is 3.38. The van der Waals surface area contributed by atoms with E-state index in [9.17, 15) is 0 Å². The maximum absolute atomic E-state index is 6.00. The van der Waals surface area contributed by atoms with Gasteiger partial charge in [-0.1, -0.05) is 38.1 Å². The number of anilines is 1. The van der Waals surface area contributed by atoms with E-state index in [1.165, 1.54) is 11.1 Å². The van der Waals surface area contributed by atoms with Crippen molar-refractivity contribution in [2.24, 2.45) is 5.92 Å². The lowest BCUT2D eigenvalue weighted by atomic mass is 10.0. The SMILES string of the molecule is Cc1nn(Cc2ccc(CC(C)C)cc2)c(N)c1Br. The molecule has 102 valence electrons. The zero-order valence-corrected chi connectivity index (χ0v) is 13.2. The highest BCUT2D eigenvalue weighted by atomic mass is 79.9. The van der Waals surface area contributed by atoms with Crippen LogP contribution in [0.25, 0.3) is 0 Å². The standard InChI is InChI=1S/C15H20BrN3/c1-10(2)8-12-4-6-13(7-5-12)9-19-15(17)14(16)11(3)18-19/h4-7,10H,8-9,17H2,1-3H3. The Hall–Kier alpha value is -1.29. The molecule has 1 aromatic heterocycles. The molecule has 0 saturated heterocycles. The van der Waals surface area contributed by atoms with Crippen molar-refractivity contribution in [2.45, 2.75) is 33.7 Å². The molecule has 0 saturated carbocycles. The second-order valence-corrected chi connectivity index (χ2v) is 6.15. The maximum atomic E-state index is 6.00. The summed E-state index contributed by atoms with van der Waals surface area (Å²) in [5.74, 6) is 1.37. The molecule has 0 radical (unpaired) electrons. The fourth-order valence-corrected chi connectivity index (χ4v) is 2.41. The van der Waals surface area contributed by atoms with Crippen molar-refractivity contribution >= 4 is 21.7 Å². The maximum Gasteiger partial charge on any atom is 0.136 e. The van der Waals surface area contributed by atoms with E-state index in [-0.39, 0.29) is 0 Å². The van der Waals surface area contributed by atoms with E-state index in [4.69, 9.17) is 5.73 Å². The van der Waals surface area contributed by atoms with E-state index < -0.39 is 0 Å². The van der Waals surface area contributed by atoms with Crippen LogP contribution in [0, 0.1) is 12.8 Å². The van der Waals surface area contributed by atoms with E-state index in [0.29, 0.717) is 18.3 Å². The molecule has 0 fully saturated rings. The minimum absolute atomic E-state index is 0.684. The van der Waals surface area contributed by atoms with Crippen LogP contribution in [0.2, 0.25) is 0 Å². The topological polar surface area (TPSA) is 43.8 Å². The van der Waals surface area contributed by atoms with Gasteiger partial charge in [0.1, 0.15) is 5.82 Å². The number of aryl methyl sites for hydroxylation is 1. The van der Waals surface area contributed by atoms with Crippen molar-refractivity contribution in [1.82, 2.24) is 9.78 Å². The number of nitrogens with zero attached hydrogens (tertiary/aromatic N) is 2. The summed E-state index contributed by atoms with van der Waals surface area (Å²) < 4.78 is 2.72. The van der Waals surface area contributed by atoms with Crippen molar-refractivity contribution < 1.29 is 0 Å². The number of hydrogen-bond donors (Lipinski definition) is 1. The normalized spacial score (nSPS) is 11.2. The molecule has 0 bridgehead atoms. The summed E-state index contributed by atoms with van der Waals surface area (Å²) in [5, 5.41) is 4.42. The summed E-state index contributed by atoms with van der Waals surface area (Å²) in [5.41, 5.74) is 9.52. The Labute approximate surface area is 122 Å². The Morgan fingerprint density at radius 2 is 1.79 bits per heavy atom. The van der Waals surface area contributed by atoms with Crippen molar-refractivity contribution in [3.63, 3.8) is 0 Å². The first-order chi connectivity index (χ1) is 8.97. The predicted molar refractivity (Wildman–Crippen MR) is 83.2 cm³/mol. The monoisotopic (exact) mass is 321 g/mol. The number of rotatable bonds is 4. The summed E-state index contributed by atoms with van der Waals surface area (Å²) >= 11 is 3.44. The number of benzene rings is 1. The van der Waals surface area contributed by atoms with Crippen LogP contribution in [-0.4, -0.2) is 9.78 Å². The van der Waals surface area contributed by atoms with Crippen molar-refractivity contribution in [3.8, 4) is 0 Å². The van der Waals surface area contributed by atoms with Crippen molar-refractivity contribution in [2.75, 3.05) is 5.73 Å². The van der Waals surface area contributed by atoms with Gasteiger partial charge in [0.25, 0.3) is 0 Å². The molecule has 0 atom stereocenters. The minimum Gasteiger partial charge on any atom is -0.383 e. The largest absolute Gasteiger partial charge is 0.383 e. The van der Waals surface area contributed by atoms with Gasteiger partial charge in [-0.3, -0.25) is 0 Å². The van der Waals surface area contributed by atoms with E-state index >= 15 is 0 Å². The van der Waals surface area contributed by atoms with Gasteiger partial charge in [0.15, 0.2) is 0 Å². The summed E-state index contributed by atoms with van der Waals surface area (Å²) in [4.78, 5) is 0. The molecule has 0 aliphatic carbocycles. The van der Waals surface area contributed by atoms with Crippen molar-refractivity contribution in [3.05, 3.63) is 45.6 Å². The van der Waals surface area contributed by atoms with Crippen molar-refractivity contribution in [1.29, 1.82) is 0 Å². The predicted octanol–water partition coefficient (Wildman–Crippen LogP) is 3.78. The minimum atomic E-state index is 0.684. The summed E-state index contributed by atoms with van der Waals surface area (Å²) in [6, 6.07) is 8.69. The van der Waals surface area contributed by atoms with Gasteiger partial charge >= 0.3 is 0 Å². The van der Waals surface area contributed by atoms with Crippen LogP contribution in [0.3, 0.4) is 0 Å². The van der Waals surface area contributed by atoms with Gasteiger partial charge in [-0.25, -0.2) is 4.68 Å². The Kier molecular flexibility index (Phi) is 4.30. The summed E-state index contributed by atoms with van der Waals surface area (Å²) in [7, 11) is 0. The third-order valence-corrected chi connectivity index (χ3v) is 4.07. The second kappa shape index (κ2) is 5.78. The highest BCUT2D eigenvalue weighted by Crippen LogP contribution is 2.23. The number of aromatic nitrogens is 2. The van der Waals surface area contributed by atoms with Gasteiger partial charge in [-0.05, 0) is 46.3 Å². The van der Waals surface area contributed by atoms with Gasteiger partial charge in [-0.2, -0.15) is 5.10 Å². The van der Waals surface area contributed by atoms with Crippen LogP contribution in [0.15, 0.2) is 28.7 Å². The zero-order valence-electron chi connectivity index (χ0n) is 11.7. The molecular weight excluding hydrogens is 302 g/mol. The van der Waals surface area contributed by atoms with Gasteiger partial charge in [-0.15, -0.1) is 0 Å². The number of halogens is 1. The first-order valence-corrected chi connectivity index (χ1v) is 7.33. The van der Waals surface area contributed by atoms with Gasteiger partial charge in [0, 0.05) is 0 Å². The average molecular weight is 322 g/mol. The Morgan fingerprint density at radius 1 is 1.21 bits per heavy atom. The molecule has 19 heavy (non-hydrogen) atoms. The highest BCUT2D eigenvalue weighted by molar-refractivity contribution is 9.10. The van der Waals surface area contributed by atoms with E-state index in [1.54, 1.807) is 0 Å². The zero-order chi connectivity index (χ0) is 14.0. The second-order valence-electron chi connectivity index (χ2n) is 5.36. The molecule has 0 unspecified atom stereocenters. The molecule has 0 amide bonds. The van der Waals surface area contributed by atoms with Crippen LogP contribution < -0.4 is 5.73 Å². The fourth-order valence-electron chi connectivity index (χ4n) is 2.12.